The van der Waals surface area contributed by atoms with Crippen molar-refractivity contribution >= 4 is 17.6 Å². The molecule has 2 N–H and O–H groups in total. The van der Waals surface area contributed by atoms with Crippen LogP contribution in [0.3, 0.4) is 0 Å². The number of unbranched alkanes of at least 4 members (excludes halogenated alkanes) is 1. The highest BCUT2D eigenvalue weighted by Crippen LogP contribution is 2.48. The van der Waals surface area contributed by atoms with E-state index in [9.17, 15) is 0 Å². The number of nitrogens with one attached hydrogen (secondary N) is 2. The molecule has 1 aliphatic carbocycles. The van der Waals surface area contributed by atoms with Gasteiger partial charge in [-0.2, -0.15) is 0 Å². The van der Waals surface area contributed by atoms with Gasteiger partial charge < -0.3 is 20.1 Å². The second-order valence-corrected chi connectivity index (χ2v) is 7.16. The first kappa shape index (κ1) is 21.0. The normalized spacial score (nSPS) is 15.7. The fraction of sp³-hybridized carbons (Fsp3) is 0.650. The highest BCUT2D eigenvalue weighted by atomic mass is 35.5. The Morgan fingerprint density at radius 2 is 2.04 bits per heavy atom. The van der Waals surface area contributed by atoms with Gasteiger partial charge in [-0.25, -0.2) is 0 Å². The highest BCUT2D eigenvalue weighted by molar-refractivity contribution is 6.30. The number of aliphatic imine (C=N–C) groups is 1. The molecule has 5 nitrogen and oxygen atoms in total. The number of benzene rings is 1. The van der Waals surface area contributed by atoms with Crippen LogP contribution in [0.4, 0.5) is 0 Å². The maximum absolute atomic E-state index is 6.15. The molecule has 0 bridgehead atoms. The van der Waals surface area contributed by atoms with Crippen LogP contribution >= 0.6 is 11.6 Å². The summed E-state index contributed by atoms with van der Waals surface area (Å²) >= 11 is 6.15. The van der Waals surface area contributed by atoms with Gasteiger partial charge in [0, 0.05) is 37.2 Å². The lowest BCUT2D eigenvalue weighted by Crippen LogP contribution is -2.38. The summed E-state index contributed by atoms with van der Waals surface area (Å²) in [4.78, 5) is 4.82. The molecular formula is C20H32ClN3O2. The summed E-state index contributed by atoms with van der Waals surface area (Å²) < 4.78 is 10.4. The molecule has 6 heteroatoms. The van der Waals surface area contributed by atoms with Crippen LogP contribution in [-0.4, -0.2) is 52.5 Å². The molecular weight excluding hydrogens is 350 g/mol. The van der Waals surface area contributed by atoms with Crippen LogP contribution in [0.25, 0.3) is 0 Å². The van der Waals surface area contributed by atoms with Crippen molar-refractivity contribution in [2.24, 2.45) is 4.99 Å². The molecule has 146 valence electrons. The lowest BCUT2D eigenvalue weighted by atomic mass is 9.96. The van der Waals surface area contributed by atoms with Crippen molar-refractivity contribution in [3.05, 3.63) is 34.9 Å². The SMILES string of the molecule is CCNC(=NCC1(c2cccc(Cl)c2)CC1)NCCCCOCCOC. The molecule has 0 heterocycles. The van der Waals surface area contributed by atoms with Crippen molar-refractivity contribution in [1.29, 1.82) is 0 Å². The summed E-state index contributed by atoms with van der Waals surface area (Å²) in [6.07, 6.45) is 4.43. The van der Waals surface area contributed by atoms with Gasteiger partial charge >= 0.3 is 0 Å². The molecule has 0 aliphatic heterocycles. The maximum atomic E-state index is 6.15. The van der Waals surface area contributed by atoms with Crippen LogP contribution < -0.4 is 10.6 Å². The van der Waals surface area contributed by atoms with Gasteiger partial charge in [0.2, 0.25) is 0 Å². The lowest BCUT2D eigenvalue weighted by molar-refractivity contribution is 0.0689. The zero-order valence-corrected chi connectivity index (χ0v) is 16.8. The molecule has 0 unspecified atom stereocenters. The van der Waals surface area contributed by atoms with Crippen LogP contribution in [0.1, 0.15) is 38.2 Å². The Morgan fingerprint density at radius 1 is 1.19 bits per heavy atom. The van der Waals surface area contributed by atoms with E-state index in [0.29, 0.717) is 13.2 Å². The summed E-state index contributed by atoms with van der Waals surface area (Å²) in [7, 11) is 1.69. The number of halogens is 1. The van der Waals surface area contributed by atoms with Gasteiger partial charge in [0.15, 0.2) is 5.96 Å². The minimum absolute atomic E-state index is 0.169. The molecule has 26 heavy (non-hydrogen) atoms. The molecule has 0 aromatic heterocycles. The number of hydrogen-bond acceptors (Lipinski definition) is 3. The van der Waals surface area contributed by atoms with Gasteiger partial charge in [-0.05, 0) is 50.3 Å². The predicted molar refractivity (Wildman–Crippen MR) is 108 cm³/mol. The first-order valence-electron chi connectivity index (χ1n) is 9.55. The van der Waals surface area contributed by atoms with Crippen LogP contribution in [0.15, 0.2) is 29.3 Å². The van der Waals surface area contributed by atoms with Crippen molar-refractivity contribution < 1.29 is 9.47 Å². The number of ether oxygens (including phenoxy) is 2. The van der Waals surface area contributed by atoms with Gasteiger partial charge in [0.05, 0.1) is 19.8 Å². The Morgan fingerprint density at radius 3 is 2.73 bits per heavy atom. The van der Waals surface area contributed by atoms with Crippen molar-refractivity contribution in [2.45, 2.75) is 38.0 Å². The average molecular weight is 382 g/mol. The van der Waals surface area contributed by atoms with E-state index in [2.05, 4.69) is 29.7 Å². The summed E-state index contributed by atoms with van der Waals surface area (Å²) in [5, 5.41) is 7.55. The summed E-state index contributed by atoms with van der Waals surface area (Å²) in [5.41, 5.74) is 1.47. The largest absolute Gasteiger partial charge is 0.382 e. The van der Waals surface area contributed by atoms with Gasteiger partial charge in [-0.15, -0.1) is 0 Å². The second-order valence-electron chi connectivity index (χ2n) is 6.72. The van der Waals surface area contributed by atoms with E-state index in [4.69, 9.17) is 26.1 Å². The van der Waals surface area contributed by atoms with E-state index in [-0.39, 0.29) is 5.41 Å². The van der Waals surface area contributed by atoms with E-state index in [1.54, 1.807) is 7.11 Å². The Balaban J connectivity index is 1.74. The molecule has 0 saturated heterocycles. The van der Waals surface area contributed by atoms with E-state index >= 15 is 0 Å². The van der Waals surface area contributed by atoms with Crippen LogP contribution in [0.5, 0.6) is 0 Å². The molecule has 0 spiro atoms. The number of guanidine groups is 1. The van der Waals surface area contributed by atoms with Crippen LogP contribution in [-0.2, 0) is 14.9 Å². The average Bonchev–Trinajstić information content (AvgIpc) is 3.43. The highest BCUT2D eigenvalue weighted by Gasteiger charge is 2.44. The number of rotatable bonds is 12. The zero-order valence-electron chi connectivity index (χ0n) is 16.0. The summed E-state index contributed by atoms with van der Waals surface area (Å²) in [6, 6.07) is 8.20. The molecule has 0 radical (unpaired) electrons. The first-order valence-corrected chi connectivity index (χ1v) is 9.93. The predicted octanol–water partition coefficient (Wildman–Crippen LogP) is 3.37. The smallest absolute Gasteiger partial charge is 0.191 e. The van der Waals surface area contributed by atoms with Crippen molar-refractivity contribution in [1.82, 2.24) is 10.6 Å². The lowest BCUT2D eigenvalue weighted by Gasteiger charge is -2.16. The third-order valence-corrected chi connectivity index (χ3v) is 4.85. The van der Waals surface area contributed by atoms with E-state index < -0.39 is 0 Å². The zero-order chi connectivity index (χ0) is 18.7. The fourth-order valence-electron chi connectivity index (χ4n) is 2.86. The van der Waals surface area contributed by atoms with Gasteiger partial charge in [-0.1, -0.05) is 23.7 Å². The molecule has 1 fully saturated rings. The monoisotopic (exact) mass is 381 g/mol. The molecule has 1 aromatic carbocycles. The molecule has 0 atom stereocenters. The first-order chi connectivity index (χ1) is 12.7. The van der Waals surface area contributed by atoms with Crippen LogP contribution in [0, 0.1) is 0 Å². The second kappa shape index (κ2) is 11.4. The standard InChI is InChI=1S/C20H32ClN3O2/c1-3-22-19(23-11-4-5-12-26-14-13-25-2)24-16-20(9-10-20)17-7-6-8-18(21)15-17/h6-8,15H,3-5,9-14,16H2,1-2H3,(H2,22,23,24). The topological polar surface area (TPSA) is 54.9 Å². The minimum atomic E-state index is 0.169. The fourth-order valence-corrected chi connectivity index (χ4v) is 3.05. The number of hydrogen-bond donors (Lipinski definition) is 2. The number of nitrogens with zero attached hydrogens (tertiary/aromatic N) is 1. The minimum Gasteiger partial charge on any atom is -0.382 e. The Hall–Kier alpha value is -1.30. The third kappa shape index (κ3) is 7.14. The summed E-state index contributed by atoms with van der Waals surface area (Å²) in [6.45, 7) is 6.73. The Labute approximate surface area is 162 Å². The molecule has 1 aliphatic rings. The number of methoxy groups -OCH3 is 1. The molecule has 1 aromatic rings. The molecule has 0 amide bonds. The van der Waals surface area contributed by atoms with Crippen LogP contribution in [0.2, 0.25) is 5.02 Å². The molecule has 1 saturated carbocycles. The van der Waals surface area contributed by atoms with E-state index in [1.807, 2.05) is 12.1 Å². The summed E-state index contributed by atoms with van der Waals surface area (Å²) in [5.74, 6) is 0.890. The maximum Gasteiger partial charge on any atom is 0.191 e. The van der Waals surface area contributed by atoms with Crippen molar-refractivity contribution in [3.63, 3.8) is 0 Å². The Bertz CT molecular complexity index is 562. The van der Waals surface area contributed by atoms with Crippen molar-refractivity contribution in [3.8, 4) is 0 Å². The Kier molecular flexibility index (Phi) is 9.23. The van der Waals surface area contributed by atoms with Crippen molar-refractivity contribution in [2.75, 3.05) is 46.6 Å². The van der Waals surface area contributed by atoms with Gasteiger partial charge in [-0.3, -0.25) is 4.99 Å². The van der Waals surface area contributed by atoms with Gasteiger partial charge in [0.1, 0.15) is 0 Å². The third-order valence-electron chi connectivity index (χ3n) is 4.61. The van der Waals surface area contributed by atoms with E-state index in [1.165, 1.54) is 18.4 Å². The van der Waals surface area contributed by atoms with Gasteiger partial charge in [0.25, 0.3) is 0 Å². The van der Waals surface area contributed by atoms with E-state index in [0.717, 1.165) is 50.1 Å². The molecule has 2 rings (SSSR count). The quantitative estimate of drug-likeness (QED) is 0.331.